The van der Waals surface area contributed by atoms with E-state index < -0.39 is 99.3 Å². The van der Waals surface area contributed by atoms with E-state index in [1.54, 1.807) is 0 Å². The molecular weight excluding hydrogens is 805 g/mol. The van der Waals surface area contributed by atoms with Gasteiger partial charge in [-0.05, 0) is 64.2 Å². The zero-order chi connectivity index (χ0) is 45.4. The van der Waals surface area contributed by atoms with Gasteiger partial charge in [-0.3, -0.25) is 9.59 Å². The number of carbonyl (C=O) groups is 2. The molecule has 2 saturated heterocycles. The first-order valence-corrected chi connectivity index (χ1v) is 23.6. The smallest absolute Gasteiger partial charge is 0.306 e. The van der Waals surface area contributed by atoms with Crippen molar-refractivity contribution in [2.24, 2.45) is 0 Å². The van der Waals surface area contributed by atoms with Gasteiger partial charge < -0.3 is 64.2 Å². The van der Waals surface area contributed by atoms with Crippen LogP contribution in [0.25, 0.3) is 0 Å². The number of aliphatic hydroxyl groups excluding tert-OH is 7. The van der Waals surface area contributed by atoms with Crippen molar-refractivity contribution in [2.75, 3.05) is 26.4 Å². The molecule has 11 atom stereocenters. The van der Waals surface area contributed by atoms with Crippen LogP contribution in [0.1, 0.15) is 155 Å². The van der Waals surface area contributed by atoms with Crippen LogP contribution in [-0.4, -0.2) is 142 Å². The number of unbranched alkanes of at least 4 members (excludes halogenated alkanes) is 15. The molecule has 0 bridgehead atoms. The van der Waals surface area contributed by atoms with E-state index in [-0.39, 0.29) is 19.4 Å². The molecule has 0 aromatic rings. The fourth-order valence-electron chi connectivity index (χ4n) is 7.13. The minimum Gasteiger partial charge on any atom is -0.462 e. The summed E-state index contributed by atoms with van der Waals surface area (Å²) in [7, 11) is 0. The molecule has 0 spiro atoms. The second-order valence-corrected chi connectivity index (χ2v) is 16.6. The van der Waals surface area contributed by atoms with Gasteiger partial charge in [0, 0.05) is 12.8 Å². The van der Waals surface area contributed by atoms with Crippen molar-refractivity contribution in [2.45, 2.75) is 223 Å². The number of carbonyl (C=O) groups excluding carboxylic acids is 2. The number of hydrogen-bond donors (Lipinski definition) is 7. The highest BCUT2D eigenvalue weighted by molar-refractivity contribution is 5.70. The molecule has 0 saturated carbocycles. The topological polar surface area (TPSA) is 231 Å². The van der Waals surface area contributed by atoms with Crippen LogP contribution in [0.2, 0.25) is 0 Å². The summed E-state index contributed by atoms with van der Waals surface area (Å²) >= 11 is 0. The maximum atomic E-state index is 12.9. The third-order valence-corrected chi connectivity index (χ3v) is 11.1. The molecular formula is C47H82O15. The fourth-order valence-corrected chi connectivity index (χ4v) is 7.13. The number of rotatable bonds is 35. The second-order valence-electron chi connectivity index (χ2n) is 16.6. The summed E-state index contributed by atoms with van der Waals surface area (Å²) in [4.78, 5) is 25.6. The Kier molecular flexibility index (Phi) is 31.6. The molecule has 2 heterocycles. The molecule has 2 fully saturated rings. The molecule has 0 aromatic heterocycles. The van der Waals surface area contributed by atoms with Gasteiger partial charge in [0.25, 0.3) is 0 Å². The van der Waals surface area contributed by atoms with Gasteiger partial charge in [-0.2, -0.15) is 0 Å². The summed E-state index contributed by atoms with van der Waals surface area (Å²) in [5, 5.41) is 71.9. The molecule has 62 heavy (non-hydrogen) atoms. The van der Waals surface area contributed by atoms with Crippen molar-refractivity contribution in [3.63, 3.8) is 0 Å². The lowest BCUT2D eigenvalue weighted by Gasteiger charge is -2.42. The lowest BCUT2D eigenvalue weighted by atomic mass is 9.98. The predicted molar refractivity (Wildman–Crippen MR) is 234 cm³/mol. The molecule has 2 rings (SSSR count). The van der Waals surface area contributed by atoms with E-state index in [2.05, 4.69) is 50.3 Å². The van der Waals surface area contributed by atoms with E-state index in [1.165, 1.54) is 25.7 Å². The first kappa shape index (κ1) is 55.9. The lowest BCUT2D eigenvalue weighted by molar-refractivity contribution is -0.332. The average Bonchev–Trinajstić information content (AvgIpc) is 3.26. The number of esters is 2. The molecule has 11 unspecified atom stereocenters. The summed E-state index contributed by atoms with van der Waals surface area (Å²) in [6.45, 7) is 2.46. The summed E-state index contributed by atoms with van der Waals surface area (Å²) < 4.78 is 33.4. The molecule has 7 N–H and O–H groups in total. The normalized spacial score (nSPS) is 27.4. The molecule has 0 amide bonds. The first-order chi connectivity index (χ1) is 30.0. The molecule has 15 nitrogen and oxygen atoms in total. The van der Waals surface area contributed by atoms with Gasteiger partial charge >= 0.3 is 11.9 Å². The Hall–Kier alpha value is -2.28. The van der Waals surface area contributed by atoms with Gasteiger partial charge in [-0.15, -0.1) is 0 Å². The van der Waals surface area contributed by atoms with E-state index >= 15 is 0 Å². The second kappa shape index (κ2) is 35.0. The third kappa shape index (κ3) is 23.6. The Morgan fingerprint density at radius 2 is 1.00 bits per heavy atom. The van der Waals surface area contributed by atoms with Crippen molar-refractivity contribution in [1.82, 2.24) is 0 Å². The summed E-state index contributed by atoms with van der Waals surface area (Å²) in [5.74, 6) is -0.956. The van der Waals surface area contributed by atoms with Crippen LogP contribution >= 0.6 is 0 Å². The molecule has 0 aliphatic carbocycles. The van der Waals surface area contributed by atoms with E-state index in [0.29, 0.717) is 12.8 Å². The molecule has 360 valence electrons. The highest BCUT2D eigenvalue weighted by Gasteiger charge is 2.47. The number of ether oxygens (including phenoxy) is 6. The summed E-state index contributed by atoms with van der Waals surface area (Å²) in [5.41, 5.74) is 0. The maximum absolute atomic E-state index is 12.9. The lowest BCUT2D eigenvalue weighted by Crippen LogP contribution is -2.61. The van der Waals surface area contributed by atoms with Gasteiger partial charge in [0.15, 0.2) is 18.7 Å². The van der Waals surface area contributed by atoms with E-state index in [9.17, 15) is 45.3 Å². The van der Waals surface area contributed by atoms with Gasteiger partial charge in [0.1, 0.15) is 55.4 Å². The van der Waals surface area contributed by atoms with Crippen molar-refractivity contribution >= 4 is 11.9 Å². The first-order valence-electron chi connectivity index (χ1n) is 23.6. The van der Waals surface area contributed by atoms with E-state index in [1.807, 2.05) is 0 Å². The van der Waals surface area contributed by atoms with Crippen LogP contribution in [0.5, 0.6) is 0 Å². The number of allylic oxidation sites excluding steroid dienone is 6. The standard InChI is InChI=1S/C47H82O15/c1-3-5-7-9-11-13-15-16-17-18-19-20-22-24-26-28-30-39(50)60-35(32-57-38(49)29-27-25-23-21-14-12-10-8-6-4-2)33-58-46-45(56)43(54)41(52)37(62-46)34-59-47-44(55)42(53)40(51)36(31-48)61-47/h8,10,13,15,17-18,35-37,40-48,51-56H,3-7,9,11-12,14,16,19-34H2,1-2H3/b10-8-,15-13-,18-17-. The zero-order valence-corrected chi connectivity index (χ0v) is 37.6. The minimum absolute atomic E-state index is 0.147. The van der Waals surface area contributed by atoms with Crippen LogP contribution in [-0.2, 0) is 38.0 Å². The summed E-state index contributed by atoms with van der Waals surface area (Å²) in [6, 6.07) is 0. The predicted octanol–water partition coefficient (Wildman–Crippen LogP) is 5.37. The third-order valence-electron chi connectivity index (χ3n) is 11.1. The van der Waals surface area contributed by atoms with Crippen LogP contribution < -0.4 is 0 Å². The van der Waals surface area contributed by atoms with Crippen LogP contribution in [0.3, 0.4) is 0 Å². The number of hydrogen-bond acceptors (Lipinski definition) is 15. The van der Waals surface area contributed by atoms with Gasteiger partial charge in [0.05, 0.1) is 19.8 Å². The van der Waals surface area contributed by atoms with Crippen LogP contribution in [0.15, 0.2) is 36.5 Å². The molecule has 2 aliphatic rings. The van der Waals surface area contributed by atoms with Crippen LogP contribution in [0, 0.1) is 0 Å². The Morgan fingerprint density at radius 1 is 0.516 bits per heavy atom. The maximum Gasteiger partial charge on any atom is 0.306 e. The highest BCUT2D eigenvalue weighted by Crippen LogP contribution is 2.26. The summed E-state index contributed by atoms with van der Waals surface area (Å²) in [6.07, 6.45) is 17.6. The van der Waals surface area contributed by atoms with E-state index in [4.69, 9.17) is 28.4 Å². The van der Waals surface area contributed by atoms with Gasteiger partial charge in [0.2, 0.25) is 0 Å². The minimum atomic E-state index is -1.77. The molecule has 15 heteroatoms. The largest absolute Gasteiger partial charge is 0.462 e. The van der Waals surface area contributed by atoms with Crippen molar-refractivity contribution < 1.29 is 73.8 Å². The monoisotopic (exact) mass is 887 g/mol. The Bertz CT molecular complexity index is 1230. The quantitative estimate of drug-likeness (QED) is 0.0241. The number of aliphatic hydroxyl groups is 7. The zero-order valence-electron chi connectivity index (χ0n) is 37.6. The van der Waals surface area contributed by atoms with Crippen molar-refractivity contribution in [3.8, 4) is 0 Å². The molecule has 0 radical (unpaired) electrons. The average molecular weight is 887 g/mol. The van der Waals surface area contributed by atoms with Crippen molar-refractivity contribution in [1.29, 1.82) is 0 Å². The SMILES string of the molecule is CCC/C=C\CCCCCCCC(=O)OCC(COC1OC(COC2OC(CO)C(O)C(O)C2O)C(O)C(O)C1O)OC(=O)CCCCCCC/C=C\C/C=C\CCCCCC. The fraction of sp³-hybridized carbons (Fsp3) is 0.830. The van der Waals surface area contributed by atoms with Crippen molar-refractivity contribution in [3.05, 3.63) is 36.5 Å². The highest BCUT2D eigenvalue weighted by atomic mass is 16.7. The molecule has 0 aromatic carbocycles. The van der Waals surface area contributed by atoms with Gasteiger partial charge in [-0.25, -0.2) is 0 Å². The Labute approximate surface area is 370 Å². The Morgan fingerprint density at radius 3 is 1.58 bits per heavy atom. The van der Waals surface area contributed by atoms with Gasteiger partial charge in [-0.1, -0.05) is 115 Å². The van der Waals surface area contributed by atoms with Crippen LogP contribution in [0.4, 0.5) is 0 Å². The van der Waals surface area contributed by atoms with E-state index in [0.717, 1.165) is 89.9 Å². The molecule has 2 aliphatic heterocycles. The Balaban J connectivity index is 1.85.